The van der Waals surface area contributed by atoms with Crippen LogP contribution in [0.5, 0.6) is 0 Å². The minimum atomic E-state index is -3.66. The zero-order chi connectivity index (χ0) is 42.9. The predicted octanol–water partition coefficient (Wildman–Crippen LogP) is 5.10. The maximum atomic E-state index is 13.4. The first-order chi connectivity index (χ1) is 26.8. The maximum Gasteiger partial charge on any atom is 0.325 e. The summed E-state index contributed by atoms with van der Waals surface area (Å²) in [5, 5.41) is 21.5. The van der Waals surface area contributed by atoms with E-state index in [0.717, 1.165) is 56.0 Å². The molecule has 0 bridgehead atoms. The molecular weight excluding hydrogens is 749 g/mol. The smallest absolute Gasteiger partial charge is 0.325 e. The van der Waals surface area contributed by atoms with Gasteiger partial charge in [-0.2, -0.15) is 0 Å². The molecule has 0 heterocycles. The van der Waals surface area contributed by atoms with Gasteiger partial charge in [-0.1, -0.05) is 111 Å². The van der Waals surface area contributed by atoms with Crippen LogP contribution in [-0.4, -0.2) is 87.9 Å². The van der Waals surface area contributed by atoms with Crippen LogP contribution in [0.15, 0.2) is 41.3 Å². The third-order valence-corrected chi connectivity index (χ3v) is 11.8. The Bertz CT molecular complexity index is 1750. The molecule has 6 N–H and O–H groups in total. The van der Waals surface area contributed by atoms with Gasteiger partial charge in [-0.3, -0.25) is 24.0 Å². The number of anilines is 1. The second-order valence-electron chi connectivity index (χ2n) is 16.0. The van der Waals surface area contributed by atoms with E-state index in [2.05, 4.69) is 26.0 Å². The Hall–Kier alpha value is -4.24. The van der Waals surface area contributed by atoms with Crippen molar-refractivity contribution in [2.24, 2.45) is 17.8 Å². The number of carbonyl (C=O) groups is 5. The molecule has 0 saturated carbocycles. The number of aliphatic carboxylic acids is 1. The highest BCUT2D eigenvalue weighted by atomic mass is 32.2. The SMILES string of the molecule is CC[C@H](C)[C@H](NC(=O)[C@@H](NC(=O)[C@@H](NC(=O)CCCCCCCCCCNS(=O)(=O)c1cccc2c(N(C)C)cccc12)C(C)C)C(C)C)C(=O)N[C@@H](C)C(=O)O. The number of carboxylic acid groups (broad SMARTS) is 1. The summed E-state index contributed by atoms with van der Waals surface area (Å²) in [7, 11) is 0.212. The largest absolute Gasteiger partial charge is 0.480 e. The molecule has 2 aromatic carbocycles. The van der Waals surface area contributed by atoms with E-state index in [1.165, 1.54) is 6.92 Å². The van der Waals surface area contributed by atoms with Crippen molar-refractivity contribution < 1.29 is 37.5 Å². The van der Waals surface area contributed by atoms with Gasteiger partial charge >= 0.3 is 5.97 Å². The molecule has 0 spiro atoms. The molecule has 4 amide bonds. The molecule has 0 aliphatic rings. The summed E-state index contributed by atoms with van der Waals surface area (Å²) in [6.07, 6.45) is 7.94. The number of hydrogen-bond acceptors (Lipinski definition) is 8. The quantitative estimate of drug-likeness (QED) is 0.0699. The first kappa shape index (κ1) is 48.9. The van der Waals surface area contributed by atoms with Gasteiger partial charge < -0.3 is 31.3 Å². The van der Waals surface area contributed by atoms with Crippen LogP contribution in [0.3, 0.4) is 0 Å². The second kappa shape index (κ2) is 23.9. The molecule has 0 aromatic heterocycles. The molecule has 0 aliphatic heterocycles. The summed E-state index contributed by atoms with van der Waals surface area (Å²) in [5.74, 6) is -4.06. The third-order valence-electron chi connectivity index (χ3n) is 10.3. The Labute approximate surface area is 340 Å². The van der Waals surface area contributed by atoms with Gasteiger partial charge in [-0.15, -0.1) is 0 Å². The first-order valence-corrected chi connectivity index (χ1v) is 21.9. The molecule has 2 rings (SSSR count). The zero-order valence-corrected chi connectivity index (χ0v) is 36.3. The van der Waals surface area contributed by atoms with Crippen LogP contribution < -0.4 is 30.9 Å². The Kier molecular flexibility index (Phi) is 20.5. The Morgan fingerprint density at radius 3 is 1.68 bits per heavy atom. The van der Waals surface area contributed by atoms with Crippen molar-refractivity contribution in [1.82, 2.24) is 26.0 Å². The number of fused-ring (bicyclic) bond motifs is 1. The van der Waals surface area contributed by atoms with Crippen molar-refractivity contribution in [3.05, 3.63) is 36.4 Å². The summed E-state index contributed by atoms with van der Waals surface area (Å²) >= 11 is 0. The zero-order valence-electron chi connectivity index (χ0n) is 35.4. The summed E-state index contributed by atoms with van der Waals surface area (Å²) in [4.78, 5) is 66.1. The van der Waals surface area contributed by atoms with E-state index in [1.807, 2.05) is 64.0 Å². The fraction of sp³-hybridized carbons (Fsp3) is 0.643. The topological polar surface area (TPSA) is 203 Å². The molecule has 0 aliphatic carbocycles. The summed E-state index contributed by atoms with van der Waals surface area (Å²) in [6.45, 7) is 12.5. The standard InChI is InChI=1S/C42H68N6O8S/c1-10-29(6)38(41(52)44-30(7)42(53)54)47-40(51)37(28(4)5)46-39(50)36(27(2)3)45-35(49)25-17-15-13-11-12-14-16-18-26-43-57(55,56)34-24-20-21-31-32(34)22-19-23-33(31)48(8)9/h19-24,27-30,36-38,43H,10-18,25-26H2,1-9H3,(H,44,52)(H,45,49)(H,46,50)(H,47,51)(H,53,54)/t29-,30-,36-,37-,38-/m0/s1. The van der Waals surface area contributed by atoms with E-state index < -0.39 is 57.9 Å². The lowest BCUT2D eigenvalue weighted by Crippen LogP contribution is -2.60. The molecular formula is C42H68N6O8S. The lowest BCUT2D eigenvalue weighted by molar-refractivity contribution is -0.142. The minimum Gasteiger partial charge on any atom is -0.480 e. The molecule has 57 heavy (non-hydrogen) atoms. The lowest BCUT2D eigenvalue weighted by Gasteiger charge is -2.30. The van der Waals surface area contributed by atoms with Crippen LogP contribution in [0.4, 0.5) is 5.69 Å². The number of amides is 4. The van der Waals surface area contributed by atoms with Gasteiger partial charge in [0.05, 0.1) is 4.90 Å². The number of unbranched alkanes of at least 4 members (excludes halogenated alkanes) is 7. The molecule has 0 radical (unpaired) electrons. The van der Waals surface area contributed by atoms with E-state index in [4.69, 9.17) is 0 Å². The molecule has 5 atom stereocenters. The van der Waals surface area contributed by atoms with Gasteiger partial charge in [0.25, 0.3) is 0 Å². The minimum absolute atomic E-state index is 0.250. The summed E-state index contributed by atoms with van der Waals surface area (Å²) in [6, 6.07) is 7.01. The van der Waals surface area contributed by atoms with Crippen LogP contribution >= 0.6 is 0 Å². The van der Waals surface area contributed by atoms with Crippen molar-refractivity contribution >= 4 is 56.1 Å². The van der Waals surface area contributed by atoms with Crippen LogP contribution in [-0.2, 0) is 34.0 Å². The van der Waals surface area contributed by atoms with Crippen molar-refractivity contribution in [3.63, 3.8) is 0 Å². The molecule has 0 saturated heterocycles. The van der Waals surface area contributed by atoms with Crippen molar-refractivity contribution in [2.45, 2.75) is 142 Å². The molecule has 320 valence electrons. The van der Waals surface area contributed by atoms with Crippen LogP contribution in [0.25, 0.3) is 10.8 Å². The number of benzene rings is 2. The molecule has 0 unspecified atom stereocenters. The van der Waals surface area contributed by atoms with Gasteiger partial charge in [0.2, 0.25) is 33.7 Å². The van der Waals surface area contributed by atoms with E-state index in [9.17, 15) is 37.5 Å². The Morgan fingerprint density at radius 1 is 0.649 bits per heavy atom. The summed E-state index contributed by atoms with van der Waals surface area (Å²) < 4.78 is 29.0. The number of rotatable bonds is 26. The fourth-order valence-electron chi connectivity index (χ4n) is 6.51. The fourth-order valence-corrected chi connectivity index (χ4v) is 7.81. The third kappa shape index (κ3) is 15.6. The number of hydrogen-bond donors (Lipinski definition) is 6. The van der Waals surface area contributed by atoms with E-state index >= 15 is 0 Å². The molecule has 14 nitrogen and oxygen atoms in total. The summed E-state index contributed by atoms with van der Waals surface area (Å²) in [5.41, 5.74) is 0.961. The maximum absolute atomic E-state index is 13.4. The molecule has 2 aromatic rings. The van der Waals surface area contributed by atoms with Crippen molar-refractivity contribution in [2.75, 3.05) is 25.5 Å². The van der Waals surface area contributed by atoms with Crippen molar-refractivity contribution in [1.29, 1.82) is 0 Å². The van der Waals surface area contributed by atoms with E-state index in [0.29, 0.717) is 24.8 Å². The van der Waals surface area contributed by atoms with Crippen molar-refractivity contribution in [3.8, 4) is 0 Å². The van der Waals surface area contributed by atoms with Gasteiger partial charge in [-0.25, -0.2) is 13.1 Å². The second-order valence-corrected chi connectivity index (χ2v) is 17.7. The highest BCUT2D eigenvalue weighted by molar-refractivity contribution is 7.89. The Balaban J connectivity index is 1.75. The van der Waals surface area contributed by atoms with Crippen LogP contribution in [0, 0.1) is 17.8 Å². The monoisotopic (exact) mass is 816 g/mol. The average Bonchev–Trinajstić information content (AvgIpc) is 3.15. The lowest BCUT2D eigenvalue weighted by atomic mass is 9.95. The van der Waals surface area contributed by atoms with Gasteiger partial charge in [0, 0.05) is 43.5 Å². The average molecular weight is 817 g/mol. The highest BCUT2D eigenvalue weighted by Gasteiger charge is 2.34. The number of carbonyl (C=O) groups excluding carboxylic acids is 4. The molecule has 0 fully saturated rings. The first-order valence-electron chi connectivity index (χ1n) is 20.4. The van der Waals surface area contributed by atoms with Crippen LogP contribution in [0.1, 0.15) is 113 Å². The number of carboxylic acids is 1. The van der Waals surface area contributed by atoms with E-state index in [-0.39, 0.29) is 35.0 Å². The van der Waals surface area contributed by atoms with E-state index in [1.54, 1.807) is 32.9 Å². The number of nitrogens with one attached hydrogen (secondary N) is 5. The normalized spacial score (nSPS) is 14.4. The van der Waals surface area contributed by atoms with Gasteiger partial charge in [-0.05, 0) is 49.7 Å². The highest BCUT2D eigenvalue weighted by Crippen LogP contribution is 2.30. The van der Waals surface area contributed by atoms with Gasteiger partial charge in [0.1, 0.15) is 24.2 Å². The number of sulfonamides is 1. The number of nitrogens with zero attached hydrogens (tertiary/aromatic N) is 1. The van der Waals surface area contributed by atoms with Crippen LogP contribution in [0.2, 0.25) is 0 Å². The van der Waals surface area contributed by atoms with Gasteiger partial charge in [0.15, 0.2) is 0 Å². The molecule has 15 heteroatoms. The predicted molar refractivity (Wildman–Crippen MR) is 225 cm³/mol. The Morgan fingerprint density at radius 2 is 1.14 bits per heavy atom.